The van der Waals surface area contributed by atoms with E-state index in [1.807, 2.05) is 12.4 Å². The molecule has 0 spiro atoms. The normalized spacial score (nSPS) is 9.92. The van der Waals surface area contributed by atoms with Crippen LogP contribution >= 0.6 is 0 Å². The fourth-order valence-corrected chi connectivity index (χ4v) is 1.50. The van der Waals surface area contributed by atoms with Crippen molar-refractivity contribution in [3.8, 4) is 0 Å². The summed E-state index contributed by atoms with van der Waals surface area (Å²) in [7, 11) is 0. The van der Waals surface area contributed by atoms with Gasteiger partial charge in [-0.2, -0.15) is 0 Å². The third-order valence-electron chi connectivity index (χ3n) is 2.13. The van der Waals surface area contributed by atoms with Crippen molar-refractivity contribution in [1.82, 2.24) is 0 Å². The van der Waals surface area contributed by atoms with Gasteiger partial charge in [0.05, 0.1) is 0 Å². The van der Waals surface area contributed by atoms with Crippen LogP contribution in [0.3, 0.4) is 0 Å². The molecular formula is C12H15O. The second-order valence-corrected chi connectivity index (χ2v) is 3.16. The number of aryl methyl sites for hydroxylation is 2. The van der Waals surface area contributed by atoms with Crippen LogP contribution in [0, 0.1) is 0 Å². The highest BCUT2D eigenvalue weighted by molar-refractivity contribution is 5.51. The predicted octanol–water partition coefficient (Wildman–Crippen LogP) is 2.68. The van der Waals surface area contributed by atoms with E-state index in [1.54, 1.807) is 0 Å². The fourth-order valence-electron chi connectivity index (χ4n) is 1.50. The monoisotopic (exact) mass is 175 g/mol. The van der Waals surface area contributed by atoms with E-state index in [0.717, 1.165) is 19.3 Å². The minimum absolute atomic E-state index is 0.515. The summed E-state index contributed by atoms with van der Waals surface area (Å²) >= 11 is 0. The Morgan fingerprint density at radius 3 is 2.31 bits per heavy atom. The van der Waals surface area contributed by atoms with Crippen molar-refractivity contribution in [3.05, 3.63) is 35.4 Å². The van der Waals surface area contributed by atoms with Crippen LogP contribution in [0.4, 0.5) is 0 Å². The molecule has 1 nitrogen and oxygen atoms in total. The zero-order valence-corrected chi connectivity index (χ0v) is 8.05. The lowest BCUT2D eigenvalue weighted by atomic mass is 10.00. The highest BCUT2D eigenvalue weighted by atomic mass is 16.1. The van der Waals surface area contributed by atoms with Crippen molar-refractivity contribution in [2.75, 3.05) is 0 Å². The summed E-state index contributed by atoms with van der Waals surface area (Å²) in [4.78, 5) is 10.1. The van der Waals surface area contributed by atoms with Crippen LogP contribution in [0.15, 0.2) is 24.3 Å². The first-order valence-electron chi connectivity index (χ1n) is 4.80. The topological polar surface area (TPSA) is 17.1 Å². The Kier molecular flexibility index (Phi) is 4.24. The van der Waals surface area contributed by atoms with Crippen LogP contribution < -0.4 is 0 Å². The molecule has 0 fully saturated rings. The maximum Gasteiger partial charge on any atom is 0.198 e. The van der Waals surface area contributed by atoms with Gasteiger partial charge in [-0.3, -0.25) is 4.79 Å². The average molecular weight is 175 g/mol. The smallest absolute Gasteiger partial charge is 0.198 e. The van der Waals surface area contributed by atoms with Gasteiger partial charge in [0.1, 0.15) is 0 Å². The summed E-state index contributed by atoms with van der Waals surface area (Å²) in [6.07, 6.45) is 5.54. The summed E-state index contributed by atoms with van der Waals surface area (Å²) in [5, 5.41) is 0. The summed E-state index contributed by atoms with van der Waals surface area (Å²) in [6.45, 7) is 2.17. The van der Waals surface area contributed by atoms with Gasteiger partial charge in [-0.1, -0.05) is 37.6 Å². The molecule has 1 rings (SSSR count). The Balaban J connectivity index is 2.71. The molecule has 0 aliphatic carbocycles. The molecule has 0 N–H and O–H groups in total. The van der Waals surface area contributed by atoms with E-state index in [2.05, 4.69) is 25.1 Å². The Hall–Kier alpha value is -1.11. The highest BCUT2D eigenvalue weighted by Crippen LogP contribution is 2.12. The summed E-state index contributed by atoms with van der Waals surface area (Å²) in [5.41, 5.74) is 2.67. The van der Waals surface area contributed by atoms with Crippen LogP contribution in [0.2, 0.25) is 0 Å². The maximum atomic E-state index is 10.1. The van der Waals surface area contributed by atoms with Crippen LogP contribution in [-0.2, 0) is 17.6 Å². The van der Waals surface area contributed by atoms with Crippen molar-refractivity contribution in [3.63, 3.8) is 0 Å². The van der Waals surface area contributed by atoms with Crippen molar-refractivity contribution in [2.45, 2.75) is 32.6 Å². The maximum absolute atomic E-state index is 10.1. The molecule has 1 aromatic carbocycles. The summed E-state index contributed by atoms with van der Waals surface area (Å²) < 4.78 is 0. The van der Waals surface area contributed by atoms with Gasteiger partial charge in [-0.05, 0) is 24.0 Å². The zero-order valence-electron chi connectivity index (χ0n) is 8.05. The van der Waals surface area contributed by atoms with Crippen molar-refractivity contribution < 1.29 is 4.79 Å². The number of hydrogen-bond donors (Lipinski definition) is 0. The standard InChI is InChI=1S/C12H15O/c1-2-6-11-7-3-4-8-12(11)9-5-10-13/h3-4,7-8H,2,5-6,9H2,1H3. The Labute approximate surface area is 79.8 Å². The van der Waals surface area contributed by atoms with Crippen LogP contribution in [0.25, 0.3) is 0 Å². The summed E-state index contributed by atoms with van der Waals surface area (Å²) in [6, 6.07) is 8.32. The quantitative estimate of drug-likeness (QED) is 0.672. The molecule has 0 aliphatic rings. The lowest BCUT2D eigenvalue weighted by Crippen LogP contribution is -1.94. The van der Waals surface area contributed by atoms with Crippen LogP contribution in [0.1, 0.15) is 30.9 Å². The largest absolute Gasteiger partial charge is 0.291 e. The van der Waals surface area contributed by atoms with Crippen molar-refractivity contribution in [2.24, 2.45) is 0 Å². The molecule has 0 saturated carbocycles. The predicted molar refractivity (Wildman–Crippen MR) is 54.5 cm³/mol. The van der Waals surface area contributed by atoms with Crippen LogP contribution in [0.5, 0.6) is 0 Å². The molecule has 13 heavy (non-hydrogen) atoms. The molecule has 0 atom stereocenters. The number of rotatable bonds is 5. The van der Waals surface area contributed by atoms with E-state index >= 15 is 0 Å². The second kappa shape index (κ2) is 5.52. The van der Waals surface area contributed by atoms with Gasteiger partial charge in [0.15, 0.2) is 6.29 Å². The molecule has 1 heteroatoms. The summed E-state index contributed by atoms with van der Waals surface area (Å²) in [5.74, 6) is 0. The molecular weight excluding hydrogens is 160 g/mol. The molecule has 0 amide bonds. The van der Waals surface area contributed by atoms with E-state index in [0.29, 0.717) is 6.42 Å². The molecule has 0 aliphatic heterocycles. The van der Waals surface area contributed by atoms with E-state index in [1.165, 1.54) is 11.1 Å². The Morgan fingerprint density at radius 1 is 1.15 bits per heavy atom. The van der Waals surface area contributed by atoms with Gasteiger partial charge < -0.3 is 0 Å². The third-order valence-corrected chi connectivity index (χ3v) is 2.13. The minimum atomic E-state index is 0.515. The van der Waals surface area contributed by atoms with E-state index < -0.39 is 0 Å². The number of carbonyl (C=O) groups excluding carboxylic acids is 1. The highest BCUT2D eigenvalue weighted by Gasteiger charge is 1.99. The van der Waals surface area contributed by atoms with Gasteiger partial charge in [0, 0.05) is 6.42 Å². The Bertz CT molecular complexity index is 266. The van der Waals surface area contributed by atoms with E-state index in [4.69, 9.17) is 0 Å². The van der Waals surface area contributed by atoms with E-state index in [9.17, 15) is 4.79 Å². The van der Waals surface area contributed by atoms with Gasteiger partial charge >= 0.3 is 0 Å². The Morgan fingerprint density at radius 2 is 1.77 bits per heavy atom. The molecule has 0 unspecified atom stereocenters. The minimum Gasteiger partial charge on any atom is -0.291 e. The van der Waals surface area contributed by atoms with Gasteiger partial charge in [0.25, 0.3) is 0 Å². The first kappa shape index (κ1) is 9.97. The lowest BCUT2D eigenvalue weighted by Gasteiger charge is -2.05. The molecule has 0 saturated heterocycles. The molecule has 69 valence electrons. The number of hydrogen-bond acceptors (Lipinski definition) is 1. The molecule has 1 aromatic rings. The fraction of sp³-hybridized carbons (Fsp3) is 0.417. The second-order valence-electron chi connectivity index (χ2n) is 3.16. The molecule has 0 heterocycles. The van der Waals surface area contributed by atoms with Crippen molar-refractivity contribution >= 4 is 6.29 Å². The van der Waals surface area contributed by atoms with Crippen LogP contribution in [-0.4, -0.2) is 6.29 Å². The molecule has 0 aromatic heterocycles. The van der Waals surface area contributed by atoms with Gasteiger partial charge in [0.2, 0.25) is 0 Å². The van der Waals surface area contributed by atoms with E-state index in [-0.39, 0.29) is 0 Å². The lowest BCUT2D eigenvalue weighted by molar-refractivity contribution is 0.551. The first-order chi connectivity index (χ1) is 6.38. The van der Waals surface area contributed by atoms with Gasteiger partial charge in [-0.25, -0.2) is 0 Å². The third kappa shape index (κ3) is 3.02. The number of benzene rings is 1. The molecule has 0 bridgehead atoms. The molecule has 1 radical (unpaired) electrons. The van der Waals surface area contributed by atoms with Crippen molar-refractivity contribution in [1.29, 1.82) is 0 Å². The van der Waals surface area contributed by atoms with Gasteiger partial charge in [-0.15, -0.1) is 0 Å². The average Bonchev–Trinajstić information content (AvgIpc) is 2.17. The first-order valence-corrected chi connectivity index (χ1v) is 4.80. The zero-order chi connectivity index (χ0) is 9.52. The SMILES string of the molecule is CCCc1ccccc1CC[C]=O.